The standard InChI is InChI=1S/C24H39N3O3/c1-5-6-13-26(4)21-9-7-20(8-10-21)23(29)25-22(16-18(2)3)24(30)27-14-11-19(17-28)12-15-27/h7-10,18-19,22,28H,5-6,11-17H2,1-4H3,(H,25,29)/t22-/m1/s1. The lowest BCUT2D eigenvalue weighted by molar-refractivity contribution is -0.135. The Labute approximate surface area is 181 Å². The first-order valence-corrected chi connectivity index (χ1v) is 11.4. The Kier molecular flexibility index (Phi) is 9.63. The highest BCUT2D eigenvalue weighted by molar-refractivity contribution is 5.97. The minimum atomic E-state index is -0.518. The van der Waals surface area contributed by atoms with E-state index in [1.54, 1.807) is 0 Å². The number of benzene rings is 1. The summed E-state index contributed by atoms with van der Waals surface area (Å²) in [5.41, 5.74) is 1.66. The van der Waals surface area contributed by atoms with E-state index in [2.05, 4.69) is 38.0 Å². The summed E-state index contributed by atoms with van der Waals surface area (Å²) in [6, 6.07) is 7.07. The zero-order valence-corrected chi connectivity index (χ0v) is 19.1. The van der Waals surface area contributed by atoms with Gasteiger partial charge in [0.05, 0.1) is 0 Å². The Morgan fingerprint density at radius 1 is 1.20 bits per heavy atom. The Balaban J connectivity index is 2.01. The van der Waals surface area contributed by atoms with Crippen LogP contribution in [0.25, 0.3) is 0 Å². The molecular formula is C24H39N3O3. The van der Waals surface area contributed by atoms with E-state index in [0.29, 0.717) is 31.0 Å². The van der Waals surface area contributed by atoms with Crippen molar-refractivity contribution in [3.05, 3.63) is 29.8 Å². The van der Waals surface area contributed by atoms with Crippen LogP contribution in [0.15, 0.2) is 24.3 Å². The lowest BCUT2D eigenvalue weighted by Crippen LogP contribution is -2.51. The van der Waals surface area contributed by atoms with Crippen LogP contribution in [0.3, 0.4) is 0 Å². The quantitative estimate of drug-likeness (QED) is 0.613. The van der Waals surface area contributed by atoms with Gasteiger partial charge in [0.15, 0.2) is 0 Å². The molecule has 0 bridgehead atoms. The van der Waals surface area contributed by atoms with Crippen molar-refractivity contribution in [1.29, 1.82) is 0 Å². The van der Waals surface area contributed by atoms with Crippen molar-refractivity contribution < 1.29 is 14.7 Å². The second kappa shape index (κ2) is 11.9. The summed E-state index contributed by atoms with van der Waals surface area (Å²) in [7, 11) is 2.06. The summed E-state index contributed by atoms with van der Waals surface area (Å²) in [5, 5.41) is 12.3. The lowest BCUT2D eigenvalue weighted by atomic mass is 9.96. The molecule has 0 aliphatic carbocycles. The minimum absolute atomic E-state index is 0.00985. The third-order valence-corrected chi connectivity index (χ3v) is 5.91. The van der Waals surface area contributed by atoms with Crippen molar-refractivity contribution in [3.63, 3.8) is 0 Å². The highest BCUT2D eigenvalue weighted by Crippen LogP contribution is 2.19. The van der Waals surface area contributed by atoms with Gasteiger partial charge in [-0.3, -0.25) is 9.59 Å². The Morgan fingerprint density at radius 3 is 2.37 bits per heavy atom. The molecule has 1 heterocycles. The summed E-state index contributed by atoms with van der Waals surface area (Å²) in [6.45, 7) is 8.75. The molecule has 6 heteroatoms. The zero-order chi connectivity index (χ0) is 22.1. The Morgan fingerprint density at radius 2 is 1.83 bits per heavy atom. The smallest absolute Gasteiger partial charge is 0.251 e. The highest BCUT2D eigenvalue weighted by Gasteiger charge is 2.29. The number of unbranched alkanes of at least 4 members (excludes halogenated alkanes) is 1. The molecule has 0 aromatic heterocycles. The van der Waals surface area contributed by atoms with Gasteiger partial charge in [-0.1, -0.05) is 27.2 Å². The molecule has 1 aliphatic rings. The number of aliphatic hydroxyl groups excluding tert-OH is 1. The van der Waals surface area contributed by atoms with Crippen molar-refractivity contribution in [2.75, 3.05) is 38.2 Å². The number of carbonyl (C=O) groups is 2. The van der Waals surface area contributed by atoms with Gasteiger partial charge in [0, 0.05) is 44.5 Å². The Hall–Kier alpha value is -2.08. The van der Waals surface area contributed by atoms with E-state index >= 15 is 0 Å². The van der Waals surface area contributed by atoms with Gasteiger partial charge in [-0.2, -0.15) is 0 Å². The summed E-state index contributed by atoms with van der Waals surface area (Å²) >= 11 is 0. The van der Waals surface area contributed by atoms with Gasteiger partial charge >= 0.3 is 0 Å². The van der Waals surface area contributed by atoms with Gasteiger partial charge in [-0.05, 0) is 61.8 Å². The topological polar surface area (TPSA) is 72.9 Å². The molecular weight excluding hydrogens is 378 g/mol. The molecule has 1 aromatic carbocycles. The van der Waals surface area contributed by atoms with Gasteiger partial charge in [0.1, 0.15) is 6.04 Å². The normalized spacial score (nSPS) is 15.9. The molecule has 2 rings (SSSR count). The molecule has 30 heavy (non-hydrogen) atoms. The SMILES string of the molecule is CCCCN(C)c1ccc(C(=O)N[C@H](CC(C)C)C(=O)N2CCC(CO)CC2)cc1. The third kappa shape index (κ3) is 7.01. The number of piperidine rings is 1. The van der Waals surface area contributed by atoms with Crippen molar-refractivity contribution in [1.82, 2.24) is 10.2 Å². The number of aliphatic hydroxyl groups is 1. The maximum Gasteiger partial charge on any atom is 0.251 e. The maximum atomic E-state index is 13.1. The average Bonchev–Trinajstić information content (AvgIpc) is 2.76. The van der Waals surface area contributed by atoms with Crippen LogP contribution in [0.2, 0.25) is 0 Å². The molecule has 1 aromatic rings. The maximum absolute atomic E-state index is 13.1. The van der Waals surface area contributed by atoms with Crippen LogP contribution in [0.4, 0.5) is 5.69 Å². The molecule has 0 unspecified atom stereocenters. The number of likely N-dealkylation sites (tertiary alicyclic amines) is 1. The van der Waals surface area contributed by atoms with Crippen molar-refractivity contribution in [2.45, 2.75) is 58.9 Å². The molecule has 1 aliphatic heterocycles. The molecule has 168 valence electrons. The fourth-order valence-corrected chi connectivity index (χ4v) is 3.88. The number of hydrogen-bond donors (Lipinski definition) is 2. The van der Waals surface area contributed by atoms with Crippen LogP contribution in [0.5, 0.6) is 0 Å². The largest absolute Gasteiger partial charge is 0.396 e. The van der Waals surface area contributed by atoms with Gasteiger partial charge < -0.3 is 20.2 Å². The number of hydrogen-bond acceptors (Lipinski definition) is 4. The van der Waals surface area contributed by atoms with Crippen LogP contribution < -0.4 is 10.2 Å². The predicted octanol–water partition coefficient (Wildman–Crippen LogP) is 3.30. The number of anilines is 1. The molecule has 0 saturated carbocycles. The van der Waals surface area contributed by atoms with E-state index in [1.165, 1.54) is 0 Å². The van der Waals surface area contributed by atoms with E-state index in [9.17, 15) is 14.7 Å². The summed E-state index contributed by atoms with van der Waals surface area (Å²) in [5.74, 6) is 0.358. The lowest BCUT2D eigenvalue weighted by Gasteiger charge is -2.34. The van der Waals surface area contributed by atoms with Gasteiger partial charge in [0.2, 0.25) is 5.91 Å². The van der Waals surface area contributed by atoms with E-state index in [0.717, 1.165) is 37.9 Å². The van der Waals surface area contributed by atoms with Gasteiger partial charge in [-0.25, -0.2) is 0 Å². The molecule has 2 N–H and O–H groups in total. The van der Waals surface area contributed by atoms with Crippen molar-refractivity contribution in [2.24, 2.45) is 11.8 Å². The van der Waals surface area contributed by atoms with Crippen LogP contribution in [0.1, 0.15) is 63.2 Å². The molecule has 6 nitrogen and oxygen atoms in total. The number of rotatable bonds is 10. The van der Waals surface area contributed by atoms with Gasteiger partial charge in [-0.15, -0.1) is 0 Å². The first-order valence-electron chi connectivity index (χ1n) is 11.4. The molecule has 0 radical (unpaired) electrons. The average molecular weight is 418 g/mol. The number of nitrogens with zero attached hydrogens (tertiary/aromatic N) is 2. The highest BCUT2D eigenvalue weighted by atomic mass is 16.3. The molecule has 1 atom stereocenters. The van der Waals surface area contributed by atoms with Gasteiger partial charge in [0.25, 0.3) is 5.91 Å². The summed E-state index contributed by atoms with van der Waals surface area (Å²) < 4.78 is 0. The van der Waals surface area contributed by atoms with E-state index < -0.39 is 6.04 Å². The second-order valence-corrected chi connectivity index (χ2v) is 8.93. The van der Waals surface area contributed by atoms with Crippen LogP contribution in [0, 0.1) is 11.8 Å². The molecule has 1 saturated heterocycles. The minimum Gasteiger partial charge on any atom is -0.396 e. The fraction of sp³-hybridized carbons (Fsp3) is 0.667. The monoisotopic (exact) mass is 417 g/mol. The molecule has 2 amide bonds. The van der Waals surface area contributed by atoms with E-state index in [-0.39, 0.29) is 24.3 Å². The summed E-state index contributed by atoms with van der Waals surface area (Å²) in [6.07, 6.45) is 4.53. The third-order valence-electron chi connectivity index (χ3n) is 5.91. The van der Waals surface area contributed by atoms with Crippen LogP contribution in [-0.4, -0.2) is 61.2 Å². The second-order valence-electron chi connectivity index (χ2n) is 8.93. The zero-order valence-electron chi connectivity index (χ0n) is 19.1. The van der Waals surface area contributed by atoms with Crippen molar-refractivity contribution >= 4 is 17.5 Å². The number of nitrogens with one attached hydrogen (secondary N) is 1. The molecule has 1 fully saturated rings. The Bertz CT molecular complexity index is 667. The molecule has 0 spiro atoms. The first-order chi connectivity index (χ1) is 14.3. The van der Waals surface area contributed by atoms with Crippen molar-refractivity contribution in [3.8, 4) is 0 Å². The van der Waals surface area contributed by atoms with E-state index in [1.807, 2.05) is 29.2 Å². The number of carbonyl (C=O) groups excluding carboxylic acids is 2. The summed E-state index contributed by atoms with van der Waals surface area (Å²) in [4.78, 5) is 30.0. The van der Waals surface area contributed by atoms with Crippen LogP contribution >= 0.6 is 0 Å². The van der Waals surface area contributed by atoms with E-state index in [4.69, 9.17) is 0 Å². The number of amides is 2. The predicted molar refractivity (Wildman–Crippen MR) is 122 cm³/mol. The fourth-order valence-electron chi connectivity index (χ4n) is 3.88. The first kappa shape index (κ1) is 24.2. The van der Waals surface area contributed by atoms with Crippen LogP contribution in [-0.2, 0) is 4.79 Å².